The highest BCUT2D eigenvalue weighted by molar-refractivity contribution is 7.80. The number of thiocarbonyl (C=S) groups is 1. The zero-order valence-electron chi connectivity index (χ0n) is 9.84. The molecule has 2 aromatic rings. The lowest BCUT2D eigenvalue weighted by Gasteiger charge is -2.09. The fourth-order valence-corrected chi connectivity index (χ4v) is 1.90. The van der Waals surface area contributed by atoms with Gasteiger partial charge >= 0.3 is 0 Å². The summed E-state index contributed by atoms with van der Waals surface area (Å²) in [6, 6.07) is 7.09. The van der Waals surface area contributed by atoms with E-state index in [2.05, 4.69) is 10.4 Å². The van der Waals surface area contributed by atoms with Crippen LogP contribution in [0.25, 0.3) is 0 Å². The average Bonchev–Trinajstić information content (AvgIpc) is 2.75. The summed E-state index contributed by atoms with van der Waals surface area (Å²) in [5, 5.41) is 7.15. The van der Waals surface area contributed by atoms with Gasteiger partial charge < -0.3 is 11.1 Å². The van der Waals surface area contributed by atoms with Gasteiger partial charge in [0.05, 0.1) is 16.9 Å². The van der Waals surface area contributed by atoms with E-state index >= 15 is 0 Å². The van der Waals surface area contributed by atoms with E-state index in [1.807, 2.05) is 0 Å². The predicted molar refractivity (Wildman–Crippen MR) is 78.2 cm³/mol. The lowest BCUT2D eigenvalue weighted by molar-refractivity contribution is -0.116. The molecule has 0 aliphatic heterocycles. The van der Waals surface area contributed by atoms with E-state index in [1.165, 1.54) is 10.9 Å². The Morgan fingerprint density at radius 1 is 1.47 bits per heavy atom. The van der Waals surface area contributed by atoms with Gasteiger partial charge in [0.1, 0.15) is 11.5 Å². The van der Waals surface area contributed by atoms with Crippen LogP contribution in [0.3, 0.4) is 0 Å². The van der Waals surface area contributed by atoms with E-state index in [9.17, 15) is 4.79 Å². The minimum Gasteiger partial charge on any atom is -0.389 e. The number of anilines is 1. The normalized spacial score (nSPS) is 10.2. The number of nitrogens with zero attached hydrogens (tertiary/aromatic N) is 2. The largest absolute Gasteiger partial charge is 0.389 e. The molecule has 1 aromatic carbocycles. The quantitative estimate of drug-likeness (QED) is 0.844. The van der Waals surface area contributed by atoms with Crippen molar-refractivity contribution in [2.45, 2.75) is 6.54 Å². The zero-order chi connectivity index (χ0) is 13.8. The second-order valence-electron chi connectivity index (χ2n) is 3.81. The first-order chi connectivity index (χ1) is 9.06. The standard InChI is InChI=1S/C12H11ClN4OS/c13-8-5-15-17(6-8)7-11(18)16-10-4-2-1-3-9(10)12(14)19/h1-6H,7H2,(H2,14,19)(H,16,18). The van der Waals surface area contributed by atoms with Gasteiger partial charge in [-0.05, 0) is 12.1 Å². The van der Waals surface area contributed by atoms with Gasteiger partial charge in [-0.1, -0.05) is 36.0 Å². The number of hydrogen-bond donors (Lipinski definition) is 2. The number of aromatic nitrogens is 2. The molecule has 1 aromatic heterocycles. The van der Waals surface area contributed by atoms with E-state index in [4.69, 9.17) is 29.6 Å². The molecule has 0 aliphatic rings. The number of benzene rings is 1. The molecule has 0 bridgehead atoms. The number of rotatable bonds is 4. The Bertz CT molecular complexity index is 626. The maximum absolute atomic E-state index is 11.9. The molecule has 3 N–H and O–H groups in total. The Kier molecular flexibility index (Phi) is 4.13. The molecule has 0 fully saturated rings. The van der Waals surface area contributed by atoms with Gasteiger partial charge in [-0.25, -0.2) is 0 Å². The monoisotopic (exact) mass is 294 g/mol. The highest BCUT2D eigenvalue weighted by Gasteiger charge is 2.09. The Morgan fingerprint density at radius 3 is 2.84 bits per heavy atom. The molecule has 0 radical (unpaired) electrons. The molecule has 0 spiro atoms. The van der Waals surface area contributed by atoms with E-state index in [1.54, 1.807) is 30.5 Å². The molecule has 0 unspecified atom stereocenters. The third-order valence-corrected chi connectivity index (χ3v) is 2.79. The molecule has 0 atom stereocenters. The second-order valence-corrected chi connectivity index (χ2v) is 4.69. The fraction of sp³-hybridized carbons (Fsp3) is 0.0833. The fourth-order valence-electron chi connectivity index (χ4n) is 1.57. The lowest BCUT2D eigenvalue weighted by atomic mass is 10.2. The molecule has 1 heterocycles. The first-order valence-electron chi connectivity index (χ1n) is 5.43. The molecular weight excluding hydrogens is 284 g/mol. The number of halogens is 1. The number of carbonyl (C=O) groups excluding carboxylic acids is 1. The van der Waals surface area contributed by atoms with Crippen molar-refractivity contribution in [3.63, 3.8) is 0 Å². The first kappa shape index (κ1) is 13.5. The van der Waals surface area contributed by atoms with Crippen molar-refractivity contribution in [1.82, 2.24) is 9.78 Å². The van der Waals surface area contributed by atoms with Crippen molar-refractivity contribution >= 4 is 40.4 Å². The van der Waals surface area contributed by atoms with Crippen LogP contribution in [0.4, 0.5) is 5.69 Å². The highest BCUT2D eigenvalue weighted by atomic mass is 35.5. The lowest BCUT2D eigenvalue weighted by Crippen LogP contribution is -2.21. The second kappa shape index (κ2) is 5.81. The number of nitrogens with two attached hydrogens (primary N) is 1. The molecule has 0 saturated heterocycles. The summed E-state index contributed by atoms with van der Waals surface area (Å²) in [6.07, 6.45) is 3.04. The SMILES string of the molecule is NC(=S)c1ccccc1NC(=O)Cn1cc(Cl)cn1. The Morgan fingerprint density at radius 2 is 2.21 bits per heavy atom. The Hall–Kier alpha value is -1.92. The summed E-state index contributed by atoms with van der Waals surface area (Å²) in [7, 11) is 0. The van der Waals surface area contributed by atoms with Crippen LogP contribution >= 0.6 is 23.8 Å². The molecule has 98 valence electrons. The van der Waals surface area contributed by atoms with Gasteiger partial charge in [-0.2, -0.15) is 5.10 Å². The summed E-state index contributed by atoms with van der Waals surface area (Å²) in [4.78, 5) is 12.1. The van der Waals surface area contributed by atoms with E-state index in [0.717, 1.165) is 0 Å². The zero-order valence-corrected chi connectivity index (χ0v) is 11.4. The van der Waals surface area contributed by atoms with Gasteiger partial charge in [0.15, 0.2) is 0 Å². The van der Waals surface area contributed by atoms with Crippen LogP contribution in [0.1, 0.15) is 5.56 Å². The topological polar surface area (TPSA) is 72.9 Å². The van der Waals surface area contributed by atoms with Crippen molar-refractivity contribution in [2.75, 3.05) is 5.32 Å². The van der Waals surface area contributed by atoms with Crippen LogP contribution in [0, 0.1) is 0 Å². The van der Waals surface area contributed by atoms with Crippen molar-refractivity contribution in [3.05, 3.63) is 47.2 Å². The van der Waals surface area contributed by atoms with Crippen molar-refractivity contribution in [3.8, 4) is 0 Å². The predicted octanol–water partition coefficient (Wildman–Crippen LogP) is 1.81. The highest BCUT2D eigenvalue weighted by Crippen LogP contribution is 2.15. The number of para-hydroxylation sites is 1. The molecule has 0 saturated carbocycles. The summed E-state index contributed by atoms with van der Waals surface area (Å²) in [5.41, 5.74) is 6.80. The number of amides is 1. The van der Waals surface area contributed by atoms with E-state index in [-0.39, 0.29) is 17.4 Å². The molecular formula is C12H11ClN4OS. The van der Waals surface area contributed by atoms with Gasteiger partial charge in [0.2, 0.25) is 5.91 Å². The smallest absolute Gasteiger partial charge is 0.246 e. The van der Waals surface area contributed by atoms with Crippen molar-refractivity contribution in [2.24, 2.45) is 5.73 Å². The number of carbonyl (C=O) groups is 1. The van der Waals surface area contributed by atoms with Crippen LogP contribution in [-0.2, 0) is 11.3 Å². The summed E-state index contributed by atoms with van der Waals surface area (Å²) in [6.45, 7) is 0.0678. The van der Waals surface area contributed by atoms with Crippen LogP contribution in [0.15, 0.2) is 36.7 Å². The van der Waals surface area contributed by atoms with Crippen LogP contribution in [0.5, 0.6) is 0 Å². The summed E-state index contributed by atoms with van der Waals surface area (Å²) >= 11 is 10.6. The van der Waals surface area contributed by atoms with Gasteiger partial charge in [-0.3, -0.25) is 9.48 Å². The third kappa shape index (κ3) is 3.52. The van der Waals surface area contributed by atoms with Gasteiger partial charge in [-0.15, -0.1) is 0 Å². The third-order valence-electron chi connectivity index (χ3n) is 2.37. The van der Waals surface area contributed by atoms with Gasteiger partial charge in [0, 0.05) is 11.8 Å². The Labute approximate surface area is 120 Å². The number of nitrogens with one attached hydrogen (secondary N) is 1. The van der Waals surface area contributed by atoms with Crippen molar-refractivity contribution in [1.29, 1.82) is 0 Å². The molecule has 5 nitrogen and oxygen atoms in total. The summed E-state index contributed by atoms with van der Waals surface area (Å²) in [5.74, 6) is -0.233. The number of hydrogen-bond acceptors (Lipinski definition) is 3. The first-order valence-corrected chi connectivity index (χ1v) is 6.21. The van der Waals surface area contributed by atoms with Gasteiger partial charge in [0.25, 0.3) is 0 Å². The molecule has 19 heavy (non-hydrogen) atoms. The van der Waals surface area contributed by atoms with E-state index < -0.39 is 0 Å². The molecule has 7 heteroatoms. The minimum absolute atomic E-state index is 0.0678. The van der Waals surface area contributed by atoms with Crippen molar-refractivity contribution < 1.29 is 4.79 Å². The average molecular weight is 295 g/mol. The minimum atomic E-state index is -0.233. The maximum Gasteiger partial charge on any atom is 0.246 e. The molecule has 2 rings (SSSR count). The Balaban J connectivity index is 2.09. The van der Waals surface area contributed by atoms with Crippen LogP contribution < -0.4 is 11.1 Å². The summed E-state index contributed by atoms with van der Waals surface area (Å²) < 4.78 is 1.45. The van der Waals surface area contributed by atoms with E-state index in [0.29, 0.717) is 16.3 Å². The van der Waals surface area contributed by atoms with Crippen LogP contribution in [-0.4, -0.2) is 20.7 Å². The maximum atomic E-state index is 11.9. The van der Waals surface area contributed by atoms with Crippen LogP contribution in [0.2, 0.25) is 5.02 Å². The molecule has 1 amide bonds. The molecule has 0 aliphatic carbocycles.